The average molecular weight is 307 g/mol. The molecule has 9 heteroatoms. The summed E-state index contributed by atoms with van der Waals surface area (Å²) in [6.45, 7) is 0. The molecule has 3 rings (SSSR count). The summed E-state index contributed by atoms with van der Waals surface area (Å²) in [4.78, 5) is 10.4. The molecule has 8 nitrogen and oxygen atoms in total. The summed E-state index contributed by atoms with van der Waals surface area (Å²) in [7, 11) is 1.55. The molecule has 0 radical (unpaired) electrons. The molecule has 0 amide bonds. The van der Waals surface area contributed by atoms with Crippen molar-refractivity contribution in [2.75, 3.05) is 7.11 Å². The highest BCUT2D eigenvalue weighted by Crippen LogP contribution is 2.37. The van der Waals surface area contributed by atoms with E-state index in [1.165, 1.54) is 23.9 Å². The van der Waals surface area contributed by atoms with Gasteiger partial charge in [-0.3, -0.25) is 10.1 Å². The van der Waals surface area contributed by atoms with Crippen LogP contribution < -0.4 is 4.74 Å². The number of thioether (sulfide) groups is 1. The summed E-state index contributed by atoms with van der Waals surface area (Å²) in [6.07, 6.45) is 2.19. The largest absolute Gasteiger partial charge is 0.496 e. The predicted octanol–water partition coefficient (Wildman–Crippen LogP) is 2.22. The number of benzene rings is 1. The number of hydrogen-bond acceptors (Lipinski definition) is 7. The lowest BCUT2D eigenvalue weighted by atomic mass is 10.2. The van der Waals surface area contributed by atoms with Crippen LogP contribution in [-0.4, -0.2) is 32.2 Å². The summed E-state index contributed by atoms with van der Waals surface area (Å²) in [5, 5.41) is 23.2. The van der Waals surface area contributed by atoms with Gasteiger partial charge in [-0.05, 0) is 29.3 Å². The van der Waals surface area contributed by atoms with Crippen molar-refractivity contribution < 1.29 is 9.66 Å². The molecule has 0 saturated heterocycles. The van der Waals surface area contributed by atoms with Crippen LogP contribution in [0.5, 0.6) is 5.75 Å². The van der Waals surface area contributed by atoms with E-state index in [2.05, 4.69) is 15.5 Å². The third-order valence-corrected chi connectivity index (χ3v) is 4.17. The zero-order valence-electron chi connectivity index (χ0n) is 11.3. The van der Waals surface area contributed by atoms with Gasteiger partial charge in [0, 0.05) is 23.4 Å². The Labute approximate surface area is 124 Å². The Bertz CT molecular complexity index is 671. The highest BCUT2D eigenvalue weighted by Gasteiger charge is 2.28. The van der Waals surface area contributed by atoms with Gasteiger partial charge in [0.25, 0.3) is 5.69 Å². The van der Waals surface area contributed by atoms with Crippen molar-refractivity contribution >= 4 is 17.4 Å². The number of tetrazole rings is 1. The highest BCUT2D eigenvalue weighted by molar-refractivity contribution is 7.98. The fourth-order valence-electron chi connectivity index (χ4n) is 1.96. The molecule has 1 heterocycles. The SMILES string of the molecule is COc1ccc([N+](=O)[O-])cc1CSc1nnnn1C1CC1. The van der Waals surface area contributed by atoms with Crippen LogP contribution in [-0.2, 0) is 5.75 Å². The smallest absolute Gasteiger partial charge is 0.270 e. The summed E-state index contributed by atoms with van der Waals surface area (Å²) >= 11 is 1.45. The lowest BCUT2D eigenvalue weighted by Gasteiger charge is -2.08. The number of non-ortho nitro benzene ring substituents is 1. The fourth-order valence-corrected chi connectivity index (χ4v) is 2.88. The molecule has 0 aliphatic heterocycles. The molecule has 0 bridgehead atoms. The molecular weight excluding hydrogens is 294 g/mol. The Morgan fingerprint density at radius 2 is 2.33 bits per heavy atom. The summed E-state index contributed by atoms with van der Waals surface area (Å²) in [6, 6.07) is 4.96. The number of methoxy groups -OCH3 is 1. The van der Waals surface area contributed by atoms with Crippen LogP contribution in [0.4, 0.5) is 5.69 Å². The molecule has 21 heavy (non-hydrogen) atoms. The first-order chi connectivity index (χ1) is 10.2. The number of aromatic nitrogens is 4. The first-order valence-corrected chi connectivity index (χ1v) is 7.39. The maximum Gasteiger partial charge on any atom is 0.270 e. The van der Waals surface area contributed by atoms with Crippen molar-refractivity contribution in [1.82, 2.24) is 20.2 Å². The number of nitro benzene ring substituents is 1. The molecule has 1 saturated carbocycles. The molecule has 0 atom stereocenters. The Morgan fingerprint density at radius 1 is 1.52 bits per heavy atom. The van der Waals surface area contributed by atoms with Crippen molar-refractivity contribution in [3.63, 3.8) is 0 Å². The fraction of sp³-hybridized carbons (Fsp3) is 0.417. The Hall–Kier alpha value is -2.16. The number of rotatable bonds is 6. The number of ether oxygens (including phenoxy) is 1. The van der Waals surface area contributed by atoms with Crippen molar-refractivity contribution in [3.8, 4) is 5.75 Å². The van der Waals surface area contributed by atoms with Gasteiger partial charge < -0.3 is 4.74 Å². The van der Waals surface area contributed by atoms with E-state index in [1.54, 1.807) is 13.2 Å². The van der Waals surface area contributed by atoms with Gasteiger partial charge in [0.2, 0.25) is 5.16 Å². The normalized spacial score (nSPS) is 14.1. The molecule has 0 spiro atoms. The van der Waals surface area contributed by atoms with Gasteiger partial charge in [-0.25, -0.2) is 4.68 Å². The van der Waals surface area contributed by atoms with E-state index in [0.717, 1.165) is 23.6 Å². The Kier molecular flexibility index (Phi) is 3.74. The van der Waals surface area contributed by atoms with Crippen LogP contribution in [0, 0.1) is 10.1 Å². The Morgan fingerprint density at radius 3 is 3.00 bits per heavy atom. The molecule has 0 N–H and O–H groups in total. The van der Waals surface area contributed by atoms with Gasteiger partial charge in [0.15, 0.2) is 0 Å². The van der Waals surface area contributed by atoms with Crippen LogP contribution >= 0.6 is 11.8 Å². The van der Waals surface area contributed by atoms with Gasteiger partial charge in [0.1, 0.15) is 5.75 Å². The minimum Gasteiger partial charge on any atom is -0.496 e. The number of nitrogens with zero attached hydrogens (tertiary/aromatic N) is 5. The first kappa shape index (κ1) is 13.8. The molecule has 1 aromatic carbocycles. The van der Waals surface area contributed by atoms with Crippen molar-refractivity contribution in [3.05, 3.63) is 33.9 Å². The first-order valence-electron chi connectivity index (χ1n) is 6.41. The van der Waals surface area contributed by atoms with Gasteiger partial charge in [-0.15, -0.1) is 5.10 Å². The van der Waals surface area contributed by atoms with Crippen LogP contribution in [0.1, 0.15) is 24.4 Å². The van der Waals surface area contributed by atoms with E-state index in [-0.39, 0.29) is 5.69 Å². The summed E-state index contributed by atoms with van der Waals surface area (Å²) in [5.41, 5.74) is 0.801. The maximum atomic E-state index is 10.9. The van der Waals surface area contributed by atoms with E-state index >= 15 is 0 Å². The lowest BCUT2D eigenvalue weighted by Crippen LogP contribution is -1.99. The zero-order chi connectivity index (χ0) is 14.8. The quantitative estimate of drug-likeness (QED) is 0.458. The minimum atomic E-state index is -0.415. The molecule has 1 aliphatic carbocycles. The number of nitro groups is 1. The molecule has 1 aromatic heterocycles. The van der Waals surface area contributed by atoms with E-state index in [0.29, 0.717) is 17.5 Å². The summed E-state index contributed by atoms with van der Waals surface area (Å²) in [5.74, 6) is 1.14. The molecular formula is C12H13N5O3S. The van der Waals surface area contributed by atoms with Crippen LogP contribution in [0.2, 0.25) is 0 Å². The topological polar surface area (TPSA) is 96.0 Å². The second-order valence-corrected chi connectivity index (χ2v) is 5.62. The molecule has 110 valence electrons. The third-order valence-electron chi connectivity index (χ3n) is 3.19. The molecule has 1 fully saturated rings. The van der Waals surface area contributed by atoms with E-state index in [9.17, 15) is 10.1 Å². The van der Waals surface area contributed by atoms with Gasteiger partial charge >= 0.3 is 0 Å². The highest BCUT2D eigenvalue weighted by atomic mass is 32.2. The second kappa shape index (κ2) is 5.68. The zero-order valence-corrected chi connectivity index (χ0v) is 12.1. The van der Waals surface area contributed by atoms with Crippen LogP contribution in [0.25, 0.3) is 0 Å². The van der Waals surface area contributed by atoms with Gasteiger partial charge in [-0.2, -0.15) is 0 Å². The molecule has 0 unspecified atom stereocenters. The van der Waals surface area contributed by atoms with Crippen molar-refractivity contribution in [2.24, 2.45) is 0 Å². The van der Waals surface area contributed by atoms with E-state index in [1.807, 2.05) is 4.68 Å². The van der Waals surface area contributed by atoms with Gasteiger partial charge in [-0.1, -0.05) is 11.8 Å². The van der Waals surface area contributed by atoms with Crippen LogP contribution in [0.15, 0.2) is 23.4 Å². The molecule has 2 aromatic rings. The van der Waals surface area contributed by atoms with Crippen molar-refractivity contribution in [1.29, 1.82) is 0 Å². The Balaban J connectivity index is 1.78. The predicted molar refractivity (Wildman–Crippen MR) is 75.3 cm³/mol. The minimum absolute atomic E-state index is 0.0492. The maximum absolute atomic E-state index is 10.9. The molecule has 1 aliphatic rings. The van der Waals surface area contributed by atoms with Crippen LogP contribution in [0.3, 0.4) is 0 Å². The number of hydrogen-bond donors (Lipinski definition) is 0. The van der Waals surface area contributed by atoms with Gasteiger partial charge in [0.05, 0.1) is 18.1 Å². The standard InChI is InChI=1S/C12H13N5O3S/c1-20-11-5-4-10(17(18)19)6-8(11)7-21-12-13-14-15-16(12)9-2-3-9/h4-6,9H,2-3,7H2,1H3. The van der Waals surface area contributed by atoms with Crippen molar-refractivity contribution in [2.45, 2.75) is 29.8 Å². The summed E-state index contributed by atoms with van der Waals surface area (Å²) < 4.78 is 7.06. The lowest BCUT2D eigenvalue weighted by molar-refractivity contribution is -0.384. The third kappa shape index (κ3) is 2.97. The van der Waals surface area contributed by atoms with E-state index in [4.69, 9.17) is 4.74 Å². The van der Waals surface area contributed by atoms with E-state index < -0.39 is 4.92 Å². The average Bonchev–Trinajstić information content (AvgIpc) is 3.23. The second-order valence-electron chi connectivity index (χ2n) is 4.68. The monoisotopic (exact) mass is 307 g/mol.